The van der Waals surface area contributed by atoms with Crippen molar-refractivity contribution >= 4 is 5.91 Å². The summed E-state index contributed by atoms with van der Waals surface area (Å²) in [7, 11) is 0. The van der Waals surface area contributed by atoms with E-state index in [4.69, 9.17) is 5.26 Å². The van der Waals surface area contributed by atoms with E-state index in [9.17, 15) is 18.0 Å². The van der Waals surface area contributed by atoms with Crippen molar-refractivity contribution in [2.75, 3.05) is 0 Å². The number of nitrogens with one attached hydrogen (secondary N) is 1. The summed E-state index contributed by atoms with van der Waals surface area (Å²) in [5.74, 6) is -3.46. The van der Waals surface area contributed by atoms with E-state index < -0.39 is 23.4 Å². The third-order valence-corrected chi connectivity index (χ3v) is 2.80. The van der Waals surface area contributed by atoms with E-state index in [1.54, 1.807) is 6.07 Å². The summed E-state index contributed by atoms with van der Waals surface area (Å²) in [5.41, 5.74) is 0.288. The molecule has 2 rings (SSSR count). The molecule has 0 aliphatic rings. The van der Waals surface area contributed by atoms with E-state index in [0.717, 1.165) is 24.3 Å². The molecule has 0 aromatic heterocycles. The molecule has 0 unspecified atom stereocenters. The van der Waals surface area contributed by atoms with E-state index >= 15 is 0 Å². The fraction of sp³-hybridized carbons (Fsp3) is 0.0667. The van der Waals surface area contributed by atoms with Crippen LogP contribution in [-0.4, -0.2) is 5.91 Å². The molecule has 2 aromatic rings. The smallest absolute Gasteiger partial charge is 0.251 e. The lowest BCUT2D eigenvalue weighted by Crippen LogP contribution is -2.23. The molecule has 21 heavy (non-hydrogen) atoms. The van der Waals surface area contributed by atoms with Gasteiger partial charge in [-0.3, -0.25) is 4.79 Å². The number of nitrogens with zero attached hydrogens (tertiary/aromatic N) is 1. The predicted octanol–water partition coefficient (Wildman–Crippen LogP) is 2.91. The molecular weight excluding hydrogens is 281 g/mol. The molecule has 1 N–H and O–H groups in total. The van der Waals surface area contributed by atoms with Crippen molar-refractivity contribution in [3.63, 3.8) is 0 Å². The Labute approximate surface area is 118 Å². The van der Waals surface area contributed by atoms with Gasteiger partial charge < -0.3 is 5.32 Å². The van der Waals surface area contributed by atoms with Gasteiger partial charge in [-0.1, -0.05) is 6.07 Å². The average molecular weight is 290 g/mol. The maximum atomic E-state index is 13.6. The quantitative estimate of drug-likeness (QED) is 0.945. The zero-order valence-corrected chi connectivity index (χ0v) is 10.7. The van der Waals surface area contributed by atoms with Gasteiger partial charge >= 0.3 is 0 Å². The monoisotopic (exact) mass is 290 g/mol. The number of amides is 1. The van der Waals surface area contributed by atoms with Gasteiger partial charge in [-0.15, -0.1) is 0 Å². The number of hydrogen-bond acceptors (Lipinski definition) is 2. The number of carbonyl (C=O) groups is 1. The SMILES string of the molecule is N#Cc1ccc(CNC(=O)c2ccc(F)c(F)c2)c(F)c1. The zero-order chi connectivity index (χ0) is 15.4. The highest BCUT2D eigenvalue weighted by Gasteiger charge is 2.10. The Morgan fingerprint density at radius 3 is 2.43 bits per heavy atom. The summed E-state index contributed by atoms with van der Waals surface area (Å²) in [4.78, 5) is 11.7. The number of nitriles is 1. The molecule has 2 aromatic carbocycles. The lowest BCUT2D eigenvalue weighted by molar-refractivity contribution is 0.0950. The highest BCUT2D eigenvalue weighted by atomic mass is 19.2. The number of rotatable bonds is 3. The van der Waals surface area contributed by atoms with Crippen LogP contribution in [0.2, 0.25) is 0 Å². The van der Waals surface area contributed by atoms with Gasteiger partial charge in [-0.05, 0) is 30.3 Å². The Balaban J connectivity index is 2.07. The third kappa shape index (κ3) is 3.39. The van der Waals surface area contributed by atoms with Crippen LogP contribution in [0.3, 0.4) is 0 Å². The molecule has 1 amide bonds. The molecule has 0 fully saturated rings. The fourth-order valence-electron chi connectivity index (χ4n) is 1.68. The molecule has 0 bridgehead atoms. The Kier molecular flexibility index (Phi) is 4.24. The summed E-state index contributed by atoms with van der Waals surface area (Å²) < 4.78 is 39.4. The van der Waals surface area contributed by atoms with Crippen molar-refractivity contribution in [1.82, 2.24) is 5.32 Å². The van der Waals surface area contributed by atoms with Crippen molar-refractivity contribution < 1.29 is 18.0 Å². The van der Waals surface area contributed by atoms with Crippen molar-refractivity contribution in [3.8, 4) is 6.07 Å². The number of hydrogen-bond donors (Lipinski definition) is 1. The Morgan fingerprint density at radius 1 is 1.05 bits per heavy atom. The van der Waals surface area contributed by atoms with Gasteiger partial charge in [0.15, 0.2) is 11.6 Å². The van der Waals surface area contributed by atoms with Gasteiger partial charge in [0.05, 0.1) is 11.6 Å². The van der Waals surface area contributed by atoms with Crippen molar-refractivity contribution in [3.05, 3.63) is 70.5 Å². The van der Waals surface area contributed by atoms with Crippen LogP contribution in [0.1, 0.15) is 21.5 Å². The summed E-state index contributed by atoms with van der Waals surface area (Å²) in [6.07, 6.45) is 0. The second-order valence-electron chi connectivity index (χ2n) is 4.23. The summed E-state index contributed by atoms with van der Waals surface area (Å²) >= 11 is 0. The first kappa shape index (κ1) is 14.6. The van der Waals surface area contributed by atoms with Gasteiger partial charge in [-0.2, -0.15) is 5.26 Å². The molecule has 0 saturated heterocycles. The Bertz CT molecular complexity index is 738. The first-order valence-electron chi connectivity index (χ1n) is 5.93. The number of benzene rings is 2. The van der Waals surface area contributed by atoms with E-state index in [-0.39, 0.29) is 23.2 Å². The average Bonchev–Trinajstić information content (AvgIpc) is 2.48. The third-order valence-electron chi connectivity index (χ3n) is 2.80. The van der Waals surface area contributed by atoms with Gasteiger partial charge in [0.1, 0.15) is 5.82 Å². The second kappa shape index (κ2) is 6.09. The molecule has 0 saturated carbocycles. The topological polar surface area (TPSA) is 52.9 Å². The van der Waals surface area contributed by atoms with E-state index in [2.05, 4.69) is 5.32 Å². The van der Waals surface area contributed by atoms with Crippen LogP contribution in [0.25, 0.3) is 0 Å². The predicted molar refractivity (Wildman–Crippen MR) is 68.6 cm³/mol. The summed E-state index contributed by atoms with van der Waals surface area (Å²) in [6.45, 7) is -0.130. The van der Waals surface area contributed by atoms with E-state index in [0.29, 0.717) is 0 Å². The lowest BCUT2D eigenvalue weighted by Gasteiger charge is -2.07. The van der Waals surface area contributed by atoms with Crippen LogP contribution in [0.4, 0.5) is 13.2 Å². The zero-order valence-electron chi connectivity index (χ0n) is 10.7. The second-order valence-corrected chi connectivity index (χ2v) is 4.23. The largest absolute Gasteiger partial charge is 0.348 e. The molecule has 106 valence electrons. The molecule has 0 heterocycles. The summed E-state index contributed by atoms with van der Waals surface area (Å²) in [5, 5.41) is 11.0. The molecule has 0 radical (unpaired) electrons. The summed E-state index contributed by atoms with van der Waals surface area (Å²) in [6, 6.07) is 8.37. The van der Waals surface area contributed by atoms with Crippen LogP contribution in [-0.2, 0) is 6.54 Å². The van der Waals surface area contributed by atoms with Crippen molar-refractivity contribution in [1.29, 1.82) is 5.26 Å². The molecule has 6 heteroatoms. The molecular formula is C15H9F3N2O. The Hall–Kier alpha value is -2.81. The molecule has 3 nitrogen and oxygen atoms in total. The fourth-order valence-corrected chi connectivity index (χ4v) is 1.68. The maximum Gasteiger partial charge on any atom is 0.251 e. The Morgan fingerprint density at radius 2 is 1.81 bits per heavy atom. The van der Waals surface area contributed by atoms with Crippen LogP contribution in [0.5, 0.6) is 0 Å². The first-order valence-corrected chi connectivity index (χ1v) is 5.93. The molecule has 0 spiro atoms. The number of carbonyl (C=O) groups excluding carboxylic acids is 1. The van der Waals surface area contributed by atoms with E-state index in [1.165, 1.54) is 12.1 Å². The standard InChI is InChI=1S/C15H9F3N2O/c16-12-4-3-10(6-14(12)18)15(21)20-8-11-2-1-9(7-19)5-13(11)17/h1-6H,8H2,(H,20,21). The van der Waals surface area contributed by atoms with Crippen molar-refractivity contribution in [2.24, 2.45) is 0 Å². The first-order chi connectivity index (χ1) is 10.0. The van der Waals surface area contributed by atoms with Crippen LogP contribution < -0.4 is 5.32 Å². The van der Waals surface area contributed by atoms with E-state index in [1.807, 2.05) is 0 Å². The lowest BCUT2D eigenvalue weighted by atomic mass is 10.1. The molecule has 0 atom stereocenters. The highest BCUT2D eigenvalue weighted by Crippen LogP contribution is 2.11. The van der Waals surface area contributed by atoms with Crippen LogP contribution in [0, 0.1) is 28.8 Å². The molecule has 0 aliphatic carbocycles. The van der Waals surface area contributed by atoms with Gasteiger partial charge in [0.25, 0.3) is 5.91 Å². The van der Waals surface area contributed by atoms with Gasteiger partial charge in [-0.25, -0.2) is 13.2 Å². The molecule has 0 aliphatic heterocycles. The van der Waals surface area contributed by atoms with Crippen LogP contribution in [0.15, 0.2) is 36.4 Å². The van der Waals surface area contributed by atoms with Crippen LogP contribution >= 0.6 is 0 Å². The minimum atomic E-state index is -1.13. The minimum absolute atomic E-state index is 0.0667. The van der Waals surface area contributed by atoms with Gasteiger partial charge in [0, 0.05) is 17.7 Å². The minimum Gasteiger partial charge on any atom is -0.348 e. The van der Waals surface area contributed by atoms with Gasteiger partial charge in [0.2, 0.25) is 0 Å². The normalized spacial score (nSPS) is 10.0. The maximum absolute atomic E-state index is 13.6. The number of halogens is 3. The highest BCUT2D eigenvalue weighted by molar-refractivity contribution is 5.94. The van der Waals surface area contributed by atoms with Crippen molar-refractivity contribution in [2.45, 2.75) is 6.54 Å².